The van der Waals surface area contributed by atoms with Gasteiger partial charge in [-0.05, 0) is 60.2 Å². The number of likely N-dealkylation sites (tertiary alicyclic amines) is 1. The number of hydrogen-bond donors (Lipinski definition) is 0. The summed E-state index contributed by atoms with van der Waals surface area (Å²) in [5.41, 5.74) is 3.42. The number of hydrogen-bond acceptors (Lipinski definition) is 4. The highest BCUT2D eigenvalue weighted by Crippen LogP contribution is 2.38. The lowest BCUT2D eigenvalue weighted by Crippen LogP contribution is -2.42. The highest BCUT2D eigenvalue weighted by atomic mass is 16.5. The number of ether oxygens (including phenoxy) is 1. The van der Waals surface area contributed by atoms with Crippen LogP contribution in [0.4, 0.5) is 0 Å². The fraction of sp³-hybridized carbons (Fsp3) is 0.379. The molecule has 2 aliphatic rings. The molecule has 2 aliphatic heterocycles. The molecule has 0 spiro atoms. The smallest absolute Gasteiger partial charge is 0.289 e. The van der Waals surface area contributed by atoms with E-state index in [1.54, 1.807) is 12.1 Å². The number of carbonyl (C=O) groups excluding carboxylic acids is 2. The quantitative estimate of drug-likeness (QED) is 0.493. The molecular weight excluding hydrogens is 440 g/mol. The van der Waals surface area contributed by atoms with E-state index in [-0.39, 0.29) is 30.4 Å². The number of amides is 2. The molecule has 2 aromatic carbocycles. The third-order valence-corrected chi connectivity index (χ3v) is 6.88. The van der Waals surface area contributed by atoms with E-state index >= 15 is 0 Å². The lowest BCUT2D eigenvalue weighted by Gasteiger charge is -2.39. The molecule has 5 rings (SSSR count). The van der Waals surface area contributed by atoms with Crippen molar-refractivity contribution in [2.45, 2.75) is 45.8 Å². The molecular formula is C29H32N2O4. The summed E-state index contributed by atoms with van der Waals surface area (Å²) in [4.78, 5) is 29.5. The van der Waals surface area contributed by atoms with E-state index in [2.05, 4.69) is 18.2 Å². The molecule has 0 radical (unpaired) electrons. The van der Waals surface area contributed by atoms with Gasteiger partial charge in [0, 0.05) is 25.6 Å². The molecule has 0 N–H and O–H groups in total. The van der Waals surface area contributed by atoms with Gasteiger partial charge in [-0.1, -0.05) is 50.2 Å². The molecule has 3 heterocycles. The number of rotatable bonds is 6. The molecule has 0 saturated carbocycles. The maximum Gasteiger partial charge on any atom is 0.289 e. The number of carbonyl (C=O) groups is 2. The van der Waals surface area contributed by atoms with Crippen molar-refractivity contribution in [2.24, 2.45) is 5.92 Å². The fourth-order valence-electron chi connectivity index (χ4n) is 5.05. The summed E-state index contributed by atoms with van der Waals surface area (Å²) in [5, 5.41) is 0. The van der Waals surface area contributed by atoms with E-state index in [1.165, 1.54) is 5.56 Å². The monoisotopic (exact) mass is 472 g/mol. The Balaban J connectivity index is 1.36. The Hall–Kier alpha value is -3.54. The Bertz CT molecular complexity index is 1190. The van der Waals surface area contributed by atoms with E-state index < -0.39 is 0 Å². The van der Waals surface area contributed by atoms with Gasteiger partial charge in [0.15, 0.2) is 5.76 Å². The van der Waals surface area contributed by atoms with Crippen molar-refractivity contribution in [1.82, 2.24) is 9.80 Å². The van der Waals surface area contributed by atoms with Crippen LogP contribution in [0.25, 0.3) is 0 Å². The summed E-state index contributed by atoms with van der Waals surface area (Å²) in [5.74, 6) is 1.72. The van der Waals surface area contributed by atoms with Crippen molar-refractivity contribution in [3.8, 4) is 5.75 Å². The zero-order valence-electron chi connectivity index (χ0n) is 20.4. The third kappa shape index (κ3) is 4.83. The summed E-state index contributed by atoms with van der Waals surface area (Å²) in [6, 6.07) is 19.7. The maximum absolute atomic E-state index is 13.1. The van der Waals surface area contributed by atoms with Crippen molar-refractivity contribution in [3.05, 3.63) is 88.9 Å². The SMILES string of the molecule is CC(C)C(=O)N1CCc2ccc(OCc3ccc(C(=O)N4CCCC4)o3)cc2C1c1ccccc1. The molecule has 1 atom stereocenters. The second kappa shape index (κ2) is 9.98. The first-order chi connectivity index (χ1) is 17.0. The minimum absolute atomic E-state index is 0.0526. The van der Waals surface area contributed by atoms with Crippen LogP contribution in [0.1, 0.15) is 65.7 Å². The van der Waals surface area contributed by atoms with Gasteiger partial charge in [0.2, 0.25) is 5.91 Å². The topological polar surface area (TPSA) is 63.0 Å². The van der Waals surface area contributed by atoms with Crippen LogP contribution in [0.15, 0.2) is 65.1 Å². The number of fused-ring (bicyclic) bond motifs is 1. The lowest BCUT2D eigenvalue weighted by atomic mass is 9.87. The van der Waals surface area contributed by atoms with Crippen LogP contribution in [0.3, 0.4) is 0 Å². The summed E-state index contributed by atoms with van der Waals surface area (Å²) < 4.78 is 11.9. The highest BCUT2D eigenvalue weighted by Gasteiger charge is 2.33. The van der Waals surface area contributed by atoms with Crippen LogP contribution in [0.2, 0.25) is 0 Å². The molecule has 35 heavy (non-hydrogen) atoms. The van der Waals surface area contributed by atoms with E-state index in [1.807, 2.05) is 54.0 Å². The molecule has 6 heteroatoms. The number of nitrogens with zero attached hydrogens (tertiary/aromatic N) is 2. The van der Waals surface area contributed by atoms with Gasteiger partial charge < -0.3 is 19.0 Å². The molecule has 6 nitrogen and oxygen atoms in total. The Morgan fingerprint density at radius 1 is 1.00 bits per heavy atom. The Morgan fingerprint density at radius 2 is 1.77 bits per heavy atom. The van der Waals surface area contributed by atoms with Crippen LogP contribution < -0.4 is 4.74 Å². The number of benzene rings is 2. The minimum atomic E-state index is -0.147. The predicted octanol–water partition coefficient (Wildman–Crippen LogP) is 5.22. The Labute approximate surface area is 206 Å². The largest absolute Gasteiger partial charge is 0.486 e. The first-order valence-electron chi connectivity index (χ1n) is 12.5. The third-order valence-electron chi connectivity index (χ3n) is 6.88. The van der Waals surface area contributed by atoms with E-state index in [0.29, 0.717) is 23.8 Å². The molecule has 0 bridgehead atoms. The summed E-state index contributed by atoms with van der Waals surface area (Å²) in [6.45, 7) is 6.41. The van der Waals surface area contributed by atoms with Crippen molar-refractivity contribution in [3.63, 3.8) is 0 Å². The zero-order chi connectivity index (χ0) is 24.4. The molecule has 1 saturated heterocycles. The molecule has 1 fully saturated rings. The van der Waals surface area contributed by atoms with Gasteiger partial charge in [0.05, 0.1) is 6.04 Å². The van der Waals surface area contributed by atoms with Gasteiger partial charge in [0.1, 0.15) is 18.1 Å². The van der Waals surface area contributed by atoms with E-state index in [9.17, 15) is 9.59 Å². The van der Waals surface area contributed by atoms with Crippen molar-refractivity contribution in [1.29, 1.82) is 0 Å². The number of furan rings is 1. The van der Waals surface area contributed by atoms with Crippen LogP contribution >= 0.6 is 0 Å². The molecule has 1 aromatic heterocycles. The first kappa shape index (κ1) is 23.2. The van der Waals surface area contributed by atoms with E-state index in [4.69, 9.17) is 9.15 Å². The van der Waals surface area contributed by atoms with Crippen molar-refractivity contribution < 1.29 is 18.7 Å². The van der Waals surface area contributed by atoms with Crippen LogP contribution in [0.5, 0.6) is 5.75 Å². The summed E-state index contributed by atoms with van der Waals surface area (Å²) in [7, 11) is 0. The van der Waals surface area contributed by atoms with Crippen LogP contribution in [0, 0.1) is 5.92 Å². The Kier molecular flexibility index (Phi) is 6.62. The molecule has 0 aliphatic carbocycles. The van der Waals surface area contributed by atoms with Crippen molar-refractivity contribution in [2.75, 3.05) is 19.6 Å². The molecule has 3 aromatic rings. The van der Waals surface area contributed by atoms with Gasteiger partial charge >= 0.3 is 0 Å². The minimum Gasteiger partial charge on any atom is -0.486 e. The van der Waals surface area contributed by atoms with Crippen LogP contribution in [-0.2, 0) is 17.8 Å². The molecule has 182 valence electrons. The first-order valence-corrected chi connectivity index (χ1v) is 12.5. The normalized spacial score (nSPS) is 17.5. The standard InChI is InChI=1S/C29H32N2O4/c1-20(2)28(32)31-17-14-21-10-11-23(18-25(21)27(31)22-8-4-3-5-9-22)34-19-24-12-13-26(35-24)29(33)30-15-6-7-16-30/h3-5,8-13,18,20,27H,6-7,14-17,19H2,1-2H3. The van der Waals surface area contributed by atoms with Crippen molar-refractivity contribution >= 4 is 11.8 Å². The van der Waals surface area contributed by atoms with E-state index in [0.717, 1.165) is 43.5 Å². The second-order valence-corrected chi connectivity index (χ2v) is 9.66. The zero-order valence-corrected chi connectivity index (χ0v) is 20.4. The van der Waals surface area contributed by atoms with Gasteiger partial charge in [0.25, 0.3) is 5.91 Å². The average Bonchev–Trinajstić information content (AvgIpc) is 3.59. The predicted molar refractivity (Wildman–Crippen MR) is 133 cm³/mol. The van der Waals surface area contributed by atoms with Crippen LogP contribution in [-0.4, -0.2) is 41.2 Å². The van der Waals surface area contributed by atoms with Gasteiger partial charge in [-0.3, -0.25) is 9.59 Å². The van der Waals surface area contributed by atoms with Gasteiger partial charge in [-0.15, -0.1) is 0 Å². The lowest BCUT2D eigenvalue weighted by molar-refractivity contribution is -0.136. The van der Waals surface area contributed by atoms with Gasteiger partial charge in [-0.25, -0.2) is 0 Å². The summed E-state index contributed by atoms with van der Waals surface area (Å²) in [6.07, 6.45) is 2.91. The highest BCUT2D eigenvalue weighted by molar-refractivity contribution is 5.91. The summed E-state index contributed by atoms with van der Waals surface area (Å²) >= 11 is 0. The van der Waals surface area contributed by atoms with Gasteiger partial charge in [-0.2, -0.15) is 0 Å². The fourth-order valence-corrected chi connectivity index (χ4v) is 5.05. The molecule has 2 amide bonds. The second-order valence-electron chi connectivity index (χ2n) is 9.66. The Morgan fingerprint density at radius 3 is 2.51 bits per heavy atom. The average molecular weight is 473 g/mol. The maximum atomic E-state index is 13.1. The molecule has 1 unspecified atom stereocenters.